The molecule has 0 aromatic rings. The summed E-state index contributed by atoms with van der Waals surface area (Å²) in [5.41, 5.74) is 0.201. The van der Waals surface area contributed by atoms with Crippen molar-refractivity contribution in [2.24, 2.45) is 35.0 Å². The van der Waals surface area contributed by atoms with Crippen LogP contribution in [0.4, 0.5) is 4.39 Å². The molecule has 4 unspecified atom stereocenters. The minimum absolute atomic E-state index is 0.0133. The van der Waals surface area contributed by atoms with Gasteiger partial charge in [0.25, 0.3) is 0 Å². The van der Waals surface area contributed by atoms with Gasteiger partial charge in [-0.25, -0.2) is 4.39 Å². The molecule has 0 aromatic carbocycles. The average Bonchev–Trinajstić information content (AvgIpc) is 2.97. The fraction of sp³-hybridized carbons (Fsp3) is 0.969. The van der Waals surface area contributed by atoms with Crippen LogP contribution in [0.2, 0.25) is 0 Å². The fourth-order valence-electron chi connectivity index (χ4n) is 10.5. The van der Waals surface area contributed by atoms with E-state index in [4.69, 9.17) is 9.47 Å². The summed E-state index contributed by atoms with van der Waals surface area (Å²) >= 11 is 0. The Labute approximate surface area is 239 Å². The molecule has 0 bridgehead atoms. The van der Waals surface area contributed by atoms with Crippen molar-refractivity contribution in [3.63, 3.8) is 0 Å². The van der Waals surface area contributed by atoms with E-state index in [-0.39, 0.29) is 23.0 Å². The number of rotatable bonds is 4. The van der Waals surface area contributed by atoms with Crippen LogP contribution in [0.25, 0.3) is 0 Å². The lowest BCUT2D eigenvalue weighted by molar-refractivity contribution is -0.303. The summed E-state index contributed by atoms with van der Waals surface area (Å²) in [6, 6.07) is 0. The van der Waals surface area contributed by atoms with Gasteiger partial charge >= 0.3 is 0 Å². The number of likely N-dealkylation sites (tertiary alicyclic amines) is 1. The van der Waals surface area contributed by atoms with Crippen molar-refractivity contribution < 1.29 is 34.0 Å². The molecule has 12 atom stereocenters. The van der Waals surface area contributed by atoms with Gasteiger partial charge in [-0.15, -0.1) is 0 Å². The summed E-state index contributed by atoms with van der Waals surface area (Å²) in [4.78, 5) is 16.2. The van der Waals surface area contributed by atoms with Crippen LogP contribution in [0, 0.1) is 35.0 Å². The molecule has 2 heterocycles. The number of aliphatic hydroxyl groups is 3. The number of carbonyl (C=O) groups excluding carboxylic acids is 1. The first-order chi connectivity index (χ1) is 19.2. The first-order valence-electron chi connectivity index (χ1n) is 16.4. The Balaban J connectivity index is 1.12. The van der Waals surface area contributed by atoms with Gasteiger partial charge in [-0.1, -0.05) is 26.2 Å². The van der Waals surface area contributed by atoms with Gasteiger partial charge in [-0.05, 0) is 107 Å². The van der Waals surface area contributed by atoms with Gasteiger partial charge in [0, 0.05) is 18.0 Å². The van der Waals surface area contributed by atoms with E-state index in [0.717, 1.165) is 57.9 Å². The molecule has 0 spiro atoms. The van der Waals surface area contributed by atoms with Gasteiger partial charge in [0.1, 0.15) is 18.3 Å². The van der Waals surface area contributed by atoms with E-state index in [1.54, 1.807) is 0 Å². The monoisotopic (exact) mass is 565 g/mol. The van der Waals surface area contributed by atoms with E-state index >= 15 is 0 Å². The van der Waals surface area contributed by atoms with Crippen molar-refractivity contribution in [3.8, 4) is 0 Å². The van der Waals surface area contributed by atoms with Crippen LogP contribution in [0.15, 0.2) is 0 Å². The van der Waals surface area contributed by atoms with Crippen molar-refractivity contribution in [1.82, 2.24) is 4.90 Å². The molecular weight excluding hydrogens is 513 g/mol. The van der Waals surface area contributed by atoms with E-state index in [2.05, 4.69) is 18.7 Å². The van der Waals surface area contributed by atoms with E-state index in [9.17, 15) is 24.5 Å². The molecule has 228 valence electrons. The number of hydrogen-bond acceptors (Lipinski definition) is 6. The molecule has 0 radical (unpaired) electrons. The summed E-state index contributed by atoms with van der Waals surface area (Å²) in [7, 11) is 0. The molecule has 4 aliphatic carbocycles. The van der Waals surface area contributed by atoms with Gasteiger partial charge in [0.2, 0.25) is 5.91 Å². The number of hydrogen-bond donors (Lipinski definition) is 3. The second-order valence-corrected chi connectivity index (χ2v) is 14.7. The van der Waals surface area contributed by atoms with Crippen LogP contribution in [-0.2, 0) is 14.3 Å². The number of alkyl halides is 1. The van der Waals surface area contributed by atoms with Crippen molar-refractivity contribution in [1.29, 1.82) is 0 Å². The van der Waals surface area contributed by atoms with Crippen molar-refractivity contribution in [2.45, 2.75) is 146 Å². The van der Waals surface area contributed by atoms with Crippen molar-refractivity contribution in [2.75, 3.05) is 13.2 Å². The third-order valence-corrected chi connectivity index (χ3v) is 12.8. The van der Waals surface area contributed by atoms with E-state index in [0.29, 0.717) is 29.6 Å². The van der Waals surface area contributed by atoms with Gasteiger partial charge < -0.3 is 29.7 Å². The Kier molecular flexibility index (Phi) is 8.32. The summed E-state index contributed by atoms with van der Waals surface area (Å²) in [6.07, 6.45) is 8.03. The molecule has 3 N–H and O–H groups in total. The Morgan fingerprint density at radius 3 is 2.48 bits per heavy atom. The molecule has 7 nitrogen and oxygen atoms in total. The molecular formula is C32H52FNO6. The van der Waals surface area contributed by atoms with Crippen LogP contribution in [0.1, 0.15) is 104 Å². The maximum atomic E-state index is 14.8. The highest BCUT2D eigenvalue weighted by atomic mass is 19.1. The number of ether oxygens (including phenoxy) is 2. The number of piperidine rings is 1. The minimum atomic E-state index is -1.84. The molecule has 1 amide bonds. The molecule has 8 heteroatoms. The maximum Gasteiger partial charge on any atom is 0.226 e. The third-order valence-electron chi connectivity index (χ3n) is 12.8. The minimum Gasteiger partial charge on any atom is -0.394 e. The molecule has 6 fully saturated rings. The quantitative estimate of drug-likeness (QED) is 0.439. The first kappa shape index (κ1) is 29.3. The zero-order chi connectivity index (χ0) is 28.2. The number of fused-ring (bicyclic) bond motifs is 5. The van der Waals surface area contributed by atoms with Crippen LogP contribution in [-0.4, -0.2) is 81.7 Å². The lowest BCUT2D eigenvalue weighted by atomic mass is 9.45. The van der Waals surface area contributed by atoms with Crippen LogP contribution in [0.3, 0.4) is 0 Å². The molecule has 6 rings (SSSR count). The summed E-state index contributed by atoms with van der Waals surface area (Å²) in [6.45, 7) is 5.33. The number of halogens is 1. The maximum absolute atomic E-state index is 14.8. The smallest absolute Gasteiger partial charge is 0.226 e. The predicted molar refractivity (Wildman–Crippen MR) is 148 cm³/mol. The van der Waals surface area contributed by atoms with Crippen molar-refractivity contribution in [3.05, 3.63) is 0 Å². The number of nitrogens with zero attached hydrogens (tertiary/aromatic N) is 1. The van der Waals surface area contributed by atoms with Crippen LogP contribution < -0.4 is 0 Å². The van der Waals surface area contributed by atoms with Crippen LogP contribution >= 0.6 is 0 Å². The van der Waals surface area contributed by atoms with Gasteiger partial charge in [-0.2, -0.15) is 0 Å². The topological polar surface area (TPSA) is 99.5 Å². The highest BCUT2D eigenvalue weighted by molar-refractivity contribution is 5.80. The zero-order valence-corrected chi connectivity index (χ0v) is 24.6. The average molecular weight is 566 g/mol. The highest BCUT2D eigenvalue weighted by Crippen LogP contribution is 2.63. The van der Waals surface area contributed by atoms with E-state index in [1.807, 2.05) is 0 Å². The Morgan fingerprint density at radius 2 is 1.73 bits per heavy atom. The summed E-state index contributed by atoms with van der Waals surface area (Å²) < 4.78 is 26.5. The molecule has 2 saturated heterocycles. The molecule has 6 aliphatic rings. The molecule has 2 aliphatic heterocycles. The SMILES string of the molecule is C[C@]12CC[C@H](OC3O[C@H](CO)[C@@H](O)[C@H](O)C3F)CC1CCC1[C@@H]2CC[C@@]2(C)[C@H]1CCCN2C(=O)C1CCCCC1. The lowest BCUT2D eigenvalue weighted by Gasteiger charge is -2.64. The lowest BCUT2D eigenvalue weighted by Crippen LogP contribution is -2.65. The molecule has 40 heavy (non-hydrogen) atoms. The summed E-state index contributed by atoms with van der Waals surface area (Å²) in [5, 5.41) is 29.6. The van der Waals surface area contributed by atoms with Crippen molar-refractivity contribution >= 4 is 5.91 Å². The first-order valence-corrected chi connectivity index (χ1v) is 16.4. The van der Waals surface area contributed by atoms with Gasteiger partial charge in [0.05, 0.1) is 12.7 Å². The second kappa shape index (κ2) is 11.4. The zero-order valence-electron chi connectivity index (χ0n) is 24.6. The molecule has 0 aromatic heterocycles. The van der Waals surface area contributed by atoms with Gasteiger partial charge in [-0.3, -0.25) is 4.79 Å². The number of aliphatic hydroxyl groups excluding tert-OH is 3. The highest BCUT2D eigenvalue weighted by Gasteiger charge is 2.60. The standard InChI is InChI=1S/C32H52FNO6/c1-31-14-12-21(39-30-26(33)28(37)27(36)25(18-35)40-30)17-20(31)10-11-22-23(31)13-15-32(2)24(22)9-6-16-34(32)29(38)19-7-4-3-5-8-19/h19-28,30,35-37H,3-18H2,1-2H3/t20?,21-,22?,23-,24-,25+,26?,27+,28+,30?,31-,32-/m0/s1. The number of amides is 1. The molecule has 4 saturated carbocycles. The Hall–Kier alpha value is -0.800. The third kappa shape index (κ3) is 4.86. The Morgan fingerprint density at radius 1 is 0.950 bits per heavy atom. The predicted octanol–water partition coefficient (Wildman–Crippen LogP) is 4.35. The van der Waals surface area contributed by atoms with E-state index in [1.165, 1.54) is 38.5 Å². The Bertz CT molecular complexity index is 914. The fourth-order valence-corrected chi connectivity index (χ4v) is 10.5. The second-order valence-electron chi connectivity index (χ2n) is 14.7. The van der Waals surface area contributed by atoms with Crippen LogP contribution in [0.5, 0.6) is 0 Å². The van der Waals surface area contributed by atoms with E-state index < -0.39 is 37.4 Å². The normalized spacial score (nSPS) is 50.0. The largest absolute Gasteiger partial charge is 0.394 e. The van der Waals surface area contributed by atoms with Gasteiger partial charge in [0.15, 0.2) is 12.5 Å². The number of carbonyl (C=O) groups is 1. The summed E-state index contributed by atoms with van der Waals surface area (Å²) in [5.74, 6) is 3.04.